The molecule has 16 heavy (non-hydrogen) atoms. The zero-order valence-electron chi connectivity index (χ0n) is 9.78. The fourth-order valence-electron chi connectivity index (χ4n) is 2.08. The molecule has 1 heterocycles. The van der Waals surface area contributed by atoms with Crippen molar-refractivity contribution in [1.82, 2.24) is 10.2 Å². The maximum Gasteiger partial charge on any atom is 0.315 e. The molecular formula is C11H20N4O. The summed E-state index contributed by atoms with van der Waals surface area (Å²) in [6, 6.07) is 0.792. The van der Waals surface area contributed by atoms with Gasteiger partial charge in [-0.25, -0.2) is 0 Å². The predicted molar refractivity (Wildman–Crippen MR) is 62.0 cm³/mol. The maximum absolute atomic E-state index is 5.66. The van der Waals surface area contributed by atoms with Gasteiger partial charge in [-0.1, -0.05) is 30.8 Å². The number of hydrogen-bond acceptors (Lipinski definition) is 5. The van der Waals surface area contributed by atoms with Crippen molar-refractivity contribution in [2.24, 2.45) is 5.73 Å². The molecule has 0 amide bonds. The van der Waals surface area contributed by atoms with Crippen LogP contribution in [-0.2, 0) is 0 Å². The van der Waals surface area contributed by atoms with Crippen LogP contribution in [0.4, 0.5) is 6.01 Å². The van der Waals surface area contributed by atoms with Crippen LogP contribution in [0.3, 0.4) is 0 Å². The molecule has 2 rings (SSSR count). The maximum atomic E-state index is 5.66. The van der Waals surface area contributed by atoms with E-state index in [2.05, 4.69) is 15.5 Å². The second kappa shape index (κ2) is 5.30. The van der Waals surface area contributed by atoms with E-state index in [0.29, 0.717) is 17.9 Å². The van der Waals surface area contributed by atoms with Crippen LogP contribution >= 0.6 is 0 Å². The van der Waals surface area contributed by atoms with Crippen LogP contribution < -0.4 is 11.1 Å². The lowest BCUT2D eigenvalue weighted by molar-refractivity contribution is 0.464. The fraction of sp³-hybridized carbons (Fsp3) is 0.818. The first-order chi connectivity index (χ1) is 7.75. The van der Waals surface area contributed by atoms with E-state index in [-0.39, 0.29) is 6.04 Å². The van der Waals surface area contributed by atoms with Crippen LogP contribution in [0.2, 0.25) is 0 Å². The molecule has 1 aromatic rings. The number of anilines is 1. The molecule has 90 valence electrons. The lowest BCUT2D eigenvalue weighted by atomic mass is 10.1. The van der Waals surface area contributed by atoms with E-state index in [1.54, 1.807) is 0 Å². The molecule has 0 bridgehead atoms. The van der Waals surface area contributed by atoms with Gasteiger partial charge in [-0.05, 0) is 19.8 Å². The molecule has 1 unspecified atom stereocenters. The summed E-state index contributed by atoms with van der Waals surface area (Å²) in [5, 5.41) is 11.2. The number of rotatable bonds is 3. The van der Waals surface area contributed by atoms with Crippen molar-refractivity contribution >= 4 is 6.01 Å². The molecule has 0 aliphatic heterocycles. The smallest absolute Gasteiger partial charge is 0.315 e. The Kier molecular flexibility index (Phi) is 3.77. The molecule has 1 aliphatic rings. The Morgan fingerprint density at radius 3 is 2.50 bits per heavy atom. The summed E-state index contributed by atoms with van der Waals surface area (Å²) >= 11 is 0. The lowest BCUT2D eigenvalue weighted by Crippen LogP contribution is -2.18. The summed E-state index contributed by atoms with van der Waals surface area (Å²) < 4.78 is 5.43. The quantitative estimate of drug-likeness (QED) is 0.770. The van der Waals surface area contributed by atoms with Gasteiger partial charge in [0, 0.05) is 6.04 Å². The average Bonchev–Trinajstić information content (AvgIpc) is 2.56. The molecule has 1 fully saturated rings. The van der Waals surface area contributed by atoms with E-state index in [1.807, 2.05) is 6.92 Å². The monoisotopic (exact) mass is 224 g/mol. The zero-order valence-corrected chi connectivity index (χ0v) is 9.78. The average molecular weight is 224 g/mol. The molecule has 1 atom stereocenters. The van der Waals surface area contributed by atoms with Gasteiger partial charge in [-0.15, -0.1) is 5.10 Å². The third-order valence-electron chi connectivity index (χ3n) is 3.01. The van der Waals surface area contributed by atoms with Crippen molar-refractivity contribution in [3.63, 3.8) is 0 Å². The summed E-state index contributed by atoms with van der Waals surface area (Å²) in [7, 11) is 0. The van der Waals surface area contributed by atoms with E-state index in [9.17, 15) is 0 Å². The molecule has 3 N–H and O–H groups in total. The molecule has 0 aromatic carbocycles. The van der Waals surface area contributed by atoms with Crippen molar-refractivity contribution in [2.75, 3.05) is 5.32 Å². The van der Waals surface area contributed by atoms with Gasteiger partial charge >= 0.3 is 6.01 Å². The summed E-state index contributed by atoms with van der Waals surface area (Å²) in [6.45, 7) is 1.84. The second-order valence-corrected chi connectivity index (χ2v) is 4.57. The third kappa shape index (κ3) is 2.95. The van der Waals surface area contributed by atoms with Gasteiger partial charge in [0.25, 0.3) is 0 Å². The summed E-state index contributed by atoms with van der Waals surface area (Å²) in [5.74, 6) is 0.496. The Balaban J connectivity index is 1.91. The molecular weight excluding hydrogens is 204 g/mol. The number of aromatic nitrogens is 2. The minimum absolute atomic E-state index is 0.197. The van der Waals surface area contributed by atoms with Crippen LogP contribution in [0.25, 0.3) is 0 Å². The van der Waals surface area contributed by atoms with Gasteiger partial charge in [-0.2, -0.15) is 0 Å². The number of nitrogens with one attached hydrogen (secondary N) is 1. The van der Waals surface area contributed by atoms with Crippen LogP contribution in [0.15, 0.2) is 4.42 Å². The van der Waals surface area contributed by atoms with E-state index >= 15 is 0 Å². The van der Waals surface area contributed by atoms with E-state index in [4.69, 9.17) is 10.2 Å². The van der Waals surface area contributed by atoms with Gasteiger partial charge in [0.05, 0.1) is 6.04 Å². The SMILES string of the molecule is CC(N)c1nnc(NC2CCCCCC2)o1. The molecule has 0 spiro atoms. The first-order valence-electron chi connectivity index (χ1n) is 6.11. The topological polar surface area (TPSA) is 77.0 Å². The molecule has 1 aromatic heterocycles. The van der Waals surface area contributed by atoms with Gasteiger partial charge in [0.15, 0.2) is 0 Å². The van der Waals surface area contributed by atoms with Crippen molar-refractivity contribution in [2.45, 2.75) is 57.5 Å². The first-order valence-corrected chi connectivity index (χ1v) is 6.11. The van der Waals surface area contributed by atoms with Crippen LogP contribution in [0.1, 0.15) is 57.4 Å². The number of nitrogens with zero attached hydrogens (tertiary/aromatic N) is 2. The Hall–Kier alpha value is -1.10. The third-order valence-corrected chi connectivity index (χ3v) is 3.01. The molecule has 0 saturated heterocycles. The van der Waals surface area contributed by atoms with E-state index in [1.165, 1.54) is 38.5 Å². The lowest BCUT2D eigenvalue weighted by Gasteiger charge is -2.13. The highest BCUT2D eigenvalue weighted by Gasteiger charge is 2.15. The summed E-state index contributed by atoms with van der Waals surface area (Å²) in [6.07, 6.45) is 7.63. The van der Waals surface area contributed by atoms with Gasteiger partial charge < -0.3 is 15.5 Å². The van der Waals surface area contributed by atoms with Gasteiger partial charge in [-0.3, -0.25) is 0 Å². The van der Waals surface area contributed by atoms with E-state index < -0.39 is 0 Å². The number of nitrogens with two attached hydrogens (primary N) is 1. The molecule has 5 heteroatoms. The van der Waals surface area contributed by atoms with Crippen LogP contribution in [0.5, 0.6) is 0 Å². The first kappa shape index (κ1) is 11.4. The van der Waals surface area contributed by atoms with Crippen LogP contribution in [0, 0.1) is 0 Å². The van der Waals surface area contributed by atoms with Crippen molar-refractivity contribution < 1.29 is 4.42 Å². The largest absolute Gasteiger partial charge is 0.406 e. The summed E-state index contributed by atoms with van der Waals surface area (Å²) in [5.41, 5.74) is 5.66. The van der Waals surface area contributed by atoms with E-state index in [0.717, 1.165) is 0 Å². The van der Waals surface area contributed by atoms with Crippen LogP contribution in [-0.4, -0.2) is 16.2 Å². The molecule has 1 aliphatic carbocycles. The Labute approximate surface area is 95.8 Å². The number of hydrogen-bond donors (Lipinski definition) is 2. The standard InChI is InChI=1S/C11H20N4O/c1-8(12)10-14-15-11(16-10)13-9-6-4-2-3-5-7-9/h8-9H,2-7,12H2,1H3,(H,13,15). The van der Waals surface area contributed by atoms with Gasteiger partial charge in [0.2, 0.25) is 5.89 Å². The minimum atomic E-state index is -0.197. The molecule has 0 radical (unpaired) electrons. The van der Waals surface area contributed by atoms with Crippen molar-refractivity contribution in [1.29, 1.82) is 0 Å². The van der Waals surface area contributed by atoms with Crippen molar-refractivity contribution in [3.05, 3.63) is 5.89 Å². The van der Waals surface area contributed by atoms with Crippen molar-refractivity contribution in [3.8, 4) is 0 Å². The Morgan fingerprint density at radius 2 is 1.94 bits per heavy atom. The minimum Gasteiger partial charge on any atom is -0.406 e. The van der Waals surface area contributed by atoms with Gasteiger partial charge in [0.1, 0.15) is 0 Å². The zero-order chi connectivity index (χ0) is 11.4. The Bertz CT molecular complexity index is 316. The molecule has 1 saturated carbocycles. The highest BCUT2D eigenvalue weighted by atomic mass is 16.4. The molecule has 5 nitrogen and oxygen atoms in total. The predicted octanol–water partition coefficient (Wildman–Crippen LogP) is 2.22. The highest BCUT2D eigenvalue weighted by molar-refractivity contribution is 5.19. The highest BCUT2D eigenvalue weighted by Crippen LogP contribution is 2.21. The normalized spacial score (nSPS) is 20.4. The summed E-state index contributed by atoms with van der Waals surface area (Å²) in [4.78, 5) is 0. The fourth-order valence-corrected chi connectivity index (χ4v) is 2.08. The second-order valence-electron chi connectivity index (χ2n) is 4.57. The Morgan fingerprint density at radius 1 is 1.25 bits per heavy atom.